The van der Waals surface area contributed by atoms with Gasteiger partial charge in [-0.3, -0.25) is 19.6 Å². The monoisotopic (exact) mass is 538 g/mol. The molecule has 2 rings (SSSR count). The number of hydrogen-bond acceptors (Lipinski definition) is 5. The summed E-state index contributed by atoms with van der Waals surface area (Å²) in [5.74, 6) is 1.79. The predicted octanol–water partition coefficient (Wildman–Crippen LogP) is 1.07. The molecular weight excluding hydrogens is 495 g/mol. The third-order valence-electron chi connectivity index (χ3n) is 5.55. The Balaban J connectivity index is 0.00000450. The van der Waals surface area contributed by atoms with Gasteiger partial charge in [-0.25, -0.2) is 0 Å². The summed E-state index contributed by atoms with van der Waals surface area (Å²) in [7, 11) is 1.64. The number of carbonyl (C=O) groups is 1. The topological polar surface area (TPSA) is 72.4 Å². The van der Waals surface area contributed by atoms with Crippen molar-refractivity contribution in [1.29, 1.82) is 0 Å². The molecule has 2 aliphatic rings. The van der Waals surface area contributed by atoms with Crippen molar-refractivity contribution < 1.29 is 9.53 Å². The zero-order valence-electron chi connectivity index (χ0n) is 19.4. The average Bonchev–Trinajstić information content (AvgIpc) is 3.12. The van der Waals surface area contributed by atoms with Gasteiger partial charge in [-0.1, -0.05) is 13.8 Å². The maximum atomic E-state index is 12.0. The molecule has 2 saturated heterocycles. The highest BCUT2D eigenvalue weighted by atomic mass is 127. The van der Waals surface area contributed by atoms with E-state index in [9.17, 15) is 4.79 Å². The molecule has 0 radical (unpaired) electrons. The Hall–Kier alpha value is -0.650. The first-order chi connectivity index (χ1) is 14.0. The van der Waals surface area contributed by atoms with Crippen molar-refractivity contribution in [2.45, 2.75) is 39.7 Å². The van der Waals surface area contributed by atoms with E-state index in [-0.39, 0.29) is 29.9 Å². The summed E-state index contributed by atoms with van der Waals surface area (Å²) in [5.41, 5.74) is 0. The first-order valence-electron chi connectivity index (χ1n) is 11.3. The van der Waals surface area contributed by atoms with Crippen LogP contribution >= 0.6 is 24.0 Å². The van der Waals surface area contributed by atoms with Gasteiger partial charge in [-0.2, -0.15) is 0 Å². The van der Waals surface area contributed by atoms with Gasteiger partial charge >= 0.3 is 0 Å². The van der Waals surface area contributed by atoms with Crippen molar-refractivity contribution in [1.82, 2.24) is 25.3 Å². The minimum absolute atomic E-state index is 0. The van der Waals surface area contributed by atoms with Gasteiger partial charge in [0.1, 0.15) is 0 Å². The molecule has 0 aromatic rings. The molecule has 9 heteroatoms. The van der Waals surface area contributed by atoms with Crippen LogP contribution in [0.5, 0.6) is 0 Å². The van der Waals surface area contributed by atoms with Crippen LogP contribution in [0.25, 0.3) is 0 Å². The molecule has 8 nitrogen and oxygen atoms in total. The van der Waals surface area contributed by atoms with Gasteiger partial charge in [0.25, 0.3) is 0 Å². The summed E-state index contributed by atoms with van der Waals surface area (Å²) in [4.78, 5) is 24.1. The summed E-state index contributed by atoms with van der Waals surface area (Å²) in [6.07, 6.45) is 2.54. The molecular formula is C21H43IN6O2. The standard InChI is InChI=1S/C21H42N6O2.HI/c1-5-22-21(24-15-19-7-6-9-27(19)16-18(2)3)26-12-10-25(11-13-26)17-20(28)23-8-14-29-4;/h18-19H,5-17H2,1-4H3,(H,22,24)(H,23,28);1H/t19-;/m1./s1. The Kier molecular flexibility index (Phi) is 13.9. The van der Waals surface area contributed by atoms with Crippen LogP contribution in [0, 0.1) is 5.92 Å². The molecule has 0 aromatic carbocycles. The zero-order valence-corrected chi connectivity index (χ0v) is 21.7. The number of methoxy groups -OCH3 is 1. The van der Waals surface area contributed by atoms with Crippen LogP contribution < -0.4 is 10.6 Å². The molecule has 1 amide bonds. The van der Waals surface area contributed by atoms with E-state index >= 15 is 0 Å². The number of hydrogen-bond donors (Lipinski definition) is 2. The number of aliphatic imine (C=N–C) groups is 1. The van der Waals surface area contributed by atoms with Crippen molar-refractivity contribution in [3.8, 4) is 0 Å². The molecule has 2 aliphatic heterocycles. The lowest BCUT2D eigenvalue weighted by molar-refractivity contribution is -0.122. The molecule has 1 atom stereocenters. The Morgan fingerprint density at radius 1 is 1.17 bits per heavy atom. The summed E-state index contributed by atoms with van der Waals surface area (Å²) in [5, 5.41) is 6.36. The number of rotatable bonds is 10. The number of guanidine groups is 1. The van der Waals surface area contributed by atoms with E-state index in [2.05, 4.69) is 46.1 Å². The van der Waals surface area contributed by atoms with E-state index in [1.807, 2.05) is 0 Å². The number of likely N-dealkylation sites (tertiary alicyclic amines) is 1. The molecule has 176 valence electrons. The third-order valence-corrected chi connectivity index (χ3v) is 5.55. The third kappa shape index (κ3) is 9.65. The first kappa shape index (κ1) is 27.4. The fraction of sp³-hybridized carbons (Fsp3) is 0.905. The summed E-state index contributed by atoms with van der Waals surface area (Å²) in [6, 6.07) is 0.572. The molecule has 2 fully saturated rings. The molecule has 0 spiro atoms. The number of amides is 1. The highest BCUT2D eigenvalue weighted by Gasteiger charge is 2.26. The van der Waals surface area contributed by atoms with Crippen LogP contribution in [0.3, 0.4) is 0 Å². The van der Waals surface area contributed by atoms with Gasteiger partial charge in [-0.05, 0) is 32.2 Å². The van der Waals surface area contributed by atoms with Crippen LogP contribution in [0.1, 0.15) is 33.6 Å². The summed E-state index contributed by atoms with van der Waals surface area (Å²) in [6.45, 7) is 16.0. The Morgan fingerprint density at radius 3 is 2.53 bits per heavy atom. The van der Waals surface area contributed by atoms with Crippen LogP contribution in [0.2, 0.25) is 0 Å². The SMILES string of the molecule is CCNC(=NC[C@H]1CCCN1CC(C)C)N1CCN(CC(=O)NCCOC)CC1.I. The van der Waals surface area contributed by atoms with E-state index in [1.54, 1.807) is 7.11 Å². The van der Waals surface area contributed by atoms with E-state index in [1.165, 1.54) is 25.9 Å². The van der Waals surface area contributed by atoms with Gasteiger partial charge in [0, 0.05) is 59.0 Å². The number of nitrogens with one attached hydrogen (secondary N) is 2. The van der Waals surface area contributed by atoms with Crippen LogP contribution in [0.15, 0.2) is 4.99 Å². The maximum absolute atomic E-state index is 12.0. The molecule has 2 N–H and O–H groups in total. The fourth-order valence-corrected chi connectivity index (χ4v) is 4.10. The Morgan fingerprint density at radius 2 is 1.90 bits per heavy atom. The summed E-state index contributed by atoms with van der Waals surface area (Å²) < 4.78 is 4.97. The smallest absolute Gasteiger partial charge is 0.234 e. The summed E-state index contributed by atoms with van der Waals surface area (Å²) >= 11 is 0. The second kappa shape index (κ2) is 15.2. The number of carbonyl (C=O) groups excluding carboxylic acids is 1. The average molecular weight is 539 g/mol. The van der Waals surface area contributed by atoms with Crippen molar-refractivity contribution >= 4 is 35.8 Å². The quantitative estimate of drug-likeness (QED) is 0.188. The van der Waals surface area contributed by atoms with Crippen molar-refractivity contribution in [2.75, 3.05) is 79.2 Å². The largest absolute Gasteiger partial charge is 0.383 e. The predicted molar refractivity (Wildman–Crippen MR) is 134 cm³/mol. The lowest BCUT2D eigenvalue weighted by atomic mass is 10.2. The van der Waals surface area contributed by atoms with Gasteiger partial charge in [0.15, 0.2) is 5.96 Å². The maximum Gasteiger partial charge on any atom is 0.234 e. The fourth-order valence-electron chi connectivity index (χ4n) is 4.10. The number of nitrogens with zero attached hydrogens (tertiary/aromatic N) is 4. The highest BCUT2D eigenvalue weighted by Crippen LogP contribution is 2.19. The normalized spacial score (nSPS) is 21.0. The number of halogens is 1. The Bertz CT molecular complexity index is 512. The van der Waals surface area contributed by atoms with Crippen molar-refractivity contribution in [3.63, 3.8) is 0 Å². The van der Waals surface area contributed by atoms with Crippen molar-refractivity contribution in [3.05, 3.63) is 0 Å². The minimum Gasteiger partial charge on any atom is -0.383 e. The number of piperazine rings is 1. The number of ether oxygens (including phenoxy) is 1. The molecule has 0 saturated carbocycles. The highest BCUT2D eigenvalue weighted by molar-refractivity contribution is 14.0. The molecule has 0 aliphatic carbocycles. The van der Waals surface area contributed by atoms with Gasteiger partial charge in [-0.15, -0.1) is 24.0 Å². The second-order valence-electron chi connectivity index (χ2n) is 8.49. The van der Waals surface area contributed by atoms with Crippen LogP contribution in [-0.2, 0) is 9.53 Å². The van der Waals surface area contributed by atoms with E-state index in [4.69, 9.17) is 9.73 Å². The Labute approximate surface area is 200 Å². The lowest BCUT2D eigenvalue weighted by Crippen LogP contribution is -2.54. The second-order valence-corrected chi connectivity index (χ2v) is 8.49. The van der Waals surface area contributed by atoms with E-state index in [0.29, 0.717) is 31.7 Å². The molecule has 0 unspecified atom stereocenters. The van der Waals surface area contributed by atoms with Crippen LogP contribution in [-0.4, -0.2) is 112 Å². The van der Waals surface area contributed by atoms with Gasteiger partial charge in [0.2, 0.25) is 5.91 Å². The van der Waals surface area contributed by atoms with Crippen molar-refractivity contribution in [2.24, 2.45) is 10.9 Å². The zero-order chi connectivity index (χ0) is 21.1. The van der Waals surface area contributed by atoms with E-state index in [0.717, 1.165) is 45.2 Å². The van der Waals surface area contributed by atoms with Crippen LogP contribution in [0.4, 0.5) is 0 Å². The lowest BCUT2D eigenvalue weighted by Gasteiger charge is -2.36. The van der Waals surface area contributed by atoms with E-state index < -0.39 is 0 Å². The molecule has 2 heterocycles. The molecule has 0 bridgehead atoms. The molecule has 30 heavy (non-hydrogen) atoms. The minimum atomic E-state index is 0. The first-order valence-corrected chi connectivity index (χ1v) is 11.3. The van der Waals surface area contributed by atoms with Gasteiger partial charge < -0.3 is 20.3 Å². The van der Waals surface area contributed by atoms with Gasteiger partial charge in [0.05, 0.1) is 19.7 Å². The molecule has 0 aromatic heterocycles.